The molecule has 13 heavy (non-hydrogen) atoms. The minimum absolute atomic E-state index is 0.742. The van der Waals surface area contributed by atoms with Crippen LogP contribution < -0.4 is 5.73 Å². The van der Waals surface area contributed by atoms with Gasteiger partial charge >= 0.3 is 0 Å². The monoisotopic (exact) mass is 181 g/mol. The van der Waals surface area contributed by atoms with Gasteiger partial charge in [-0.25, -0.2) is 0 Å². The van der Waals surface area contributed by atoms with Gasteiger partial charge in [0.15, 0.2) is 0 Å². The number of fused-ring (bicyclic) bond motifs is 1. The van der Waals surface area contributed by atoms with E-state index >= 15 is 0 Å². The molecule has 1 unspecified atom stereocenters. The zero-order valence-electron chi connectivity index (χ0n) is 8.21. The molecule has 0 radical (unpaired) electrons. The lowest BCUT2D eigenvalue weighted by molar-refractivity contribution is 0.149. The fourth-order valence-corrected chi connectivity index (χ4v) is 2.43. The predicted molar refractivity (Wildman–Crippen MR) is 54.4 cm³/mol. The van der Waals surface area contributed by atoms with Crippen LogP contribution in [0.1, 0.15) is 12.8 Å². The van der Waals surface area contributed by atoms with Crippen molar-refractivity contribution >= 4 is 0 Å². The zero-order valence-corrected chi connectivity index (χ0v) is 8.21. The Hall–Kier alpha value is -0.540. The number of hydrogen-bond donors (Lipinski definition) is 1. The molecule has 2 saturated heterocycles. The summed E-state index contributed by atoms with van der Waals surface area (Å²) in [5.41, 5.74) is 6.82. The number of hydrogen-bond acceptors (Lipinski definition) is 3. The number of piperazine rings is 1. The van der Waals surface area contributed by atoms with E-state index in [2.05, 4.69) is 16.4 Å². The molecule has 2 heterocycles. The fourth-order valence-electron chi connectivity index (χ4n) is 2.43. The van der Waals surface area contributed by atoms with E-state index in [1.54, 1.807) is 0 Å². The van der Waals surface area contributed by atoms with E-state index < -0.39 is 0 Å². The van der Waals surface area contributed by atoms with Crippen LogP contribution in [-0.2, 0) is 0 Å². The highest BCUT2D eigenvalue weighted by molar-refractivity contribution is 5.05. The number of nitrogens with two attached hydrogens (primary N) is 1. The molecule has 2 aliphatic heterocycles. The number of rotatable bonds is 2. The van der Waals surface area contributed by atoms with Gasteiger partial charge in [0.25, 0.3) is 0 Å². The van der Waals surface area contributed by atoms with Crippen LogP contribution in [-0.4, -0.2) is 48.6 Å². The molecule has 0 amide bonds. The van der Waals surface area contributed by atoms with Crippen molar-refractivity contribution < 1.29 is 0 Å². The van der Waals surface area contributed by atoms with Gasteiger partial charge in [0.2, 0.25) is 0 Å². The van der Waals surface area contributed by atoms with E-state index in [0.29, 0.717) is 0 Å². The van der Waals surface area contributed by atoms with E-state index in [9.17, 15) is 0 Å². The van der Waals surface area contributed by atoms with Gasteiger partial charge in [-0.1, -0.05) is 6.58 Å². The Morgan fingerprint density at radius 2 is 2.38 bits per heavy atom. The average Bonchev–Trinajstić information content (AvgIpc) is 2.52. The smallest absolute Gasteiger partial charge is 0.0381 e. The Morgan fingerprint density at radius 3 is 3.15 bits per heavy atom. The number of nitrogens with zero attached hydrogens (tertiary/aromatic N) is 2. The lowest BCUT2D eigenvalue weighted by atomic mass is 10.1. The molecule has 2 aliphatic rings. The third-order valence-corrected chi connectivity index (χ3v) is 3.16. The summed E-state index contributed by atoms with van der Waals surface area (Å²) >= 11 is 0. The van der Waals surface area contributed by atoms with Crippen LogP contribution in [0.4, 0.5) is 0 Å². The van der Waals surface area contributed by atoms with Crippen molar-refractivity contribution in [3.63, 3.8) is 0 Å². The molecule has 0 spiro atoms. The lowest BCUT2D eigenvalue weighted by Gasteiger charge is -2.40. The minimum atomic E-state index is 0.742. The molecule has 1 atom stereocenters. The quantitative estimate of drug-likeness (QED) is 0.662. The molecule has 74 valence electrons. The van der Waals surface area contributed by atoms with Gasteiger partial charge in [-0.2, -0.15) is 0 Å². The summed E-state index contributed by atoms with van der Waals surface area (Å²) in [5.74, 6) is 0. The van der Waals surface area contributed by atoms with Crippen molar-refractivity contribution in [2.24, 2.45) is 5.73 Å². The summed E-state index contributed by atoms with van der Waals surface area (Å²) in [6.45, 7) is 9.29. The van der Waals surface area contributed by atoms with Crippen LogP contribution in [0.5, 0.6) is 0 Å². The van der Waals surface area contributed by atoms with Crippen molar-refractivity contribution in [2.75, 3.05) is 32.7 Å². The normalized spacial score (nSPS) is 29.5. The largest absolute Gasteiger partial charge is 0.371 e. The van der Waals surface area contributed by atoms with Crippen LogP contribution >= 0.6 is 0 Å². The second kappa shape index (κ2) is 3.68. The van der Waals surface area contributed by atoms with Crippen molar-refractivity contribution in [2.45, 2.75) is 18.9 Å². The molecule has 0 aromatic carbocycles. The van der Waals surface area contributed by atoms with Crippen molar-refractivity contribution in [3.05, 3.63) is 12.3 Å². The molecule has 2 N–H and O–H groups in total. The highest BCUT2D eigenvalue weighted by Gasteiger charge is 2.31. The Bertz CT molecular complexity index is 202. The third kappa shape index (κ3) is 1.71. The lowest BCUT2D eigenvalue weighted by Crippen LogP contribution is -2.49. The topological polar surface area (TPSA) is 32.5 Å². The Morgan fingerprint density at radius 1 is 1.54 bits per heavy atom. The van der Waals surface area contributed by atoms with Gasteiger partial charge in [0, 0.05) is 37.9 Å². The first kappa shape index (κ1) is 9.03. The van der Waals surface area contributed by atoms with Crippen LogP contribution in [0.3, 0.4) is 0 Å². The molecule has 3 nitrogen and oxygen atoms in total. The van der Waals surface area contributed by atoms with Crippen LogP contribution in [0.15, 0.2) is 12.3 Å². The molecule has 0 bridgehead atoms. The van der Waals surface area contributed by atoms with Crippen molar-refractivity contribution in [1.82, 2.24) is 9.80 Å². The van der Waals surface area contributed by atoms with Crippen molar-refractivity contribution in [1.29, 1.82) is 0 Å². The van der Waals surface area contributed by atoms with E-state index in [1.807, 2.05) is 0 Å². The maximum atomic E-state index is 5.56. The van der Waals surface area contributed by atoms with Crippen LogP contribution in [0.25, 0.3) is 0 Å². The second-order valence-corrected chi connectivity index (χ2v) is 4.07. The molecule has 2 fully saturated rings. The summed E-state index contributed by atoms with van der Waals surface area (Å²) < 4.78 is 0. The Labute approximate surface area is 80.2 Å². The second-order valence-electron chi connectivity index (χ2n) is 4.07. The summed E-state index contributed by atoms with van der Waals surface area (Å²) in [4.78, 5) is 4.90. The van der Waals surface area contributed by atoms with Gasteiger partial charge in [0.1, 0.15) is 0 Å². The zero-order chi connectivity index (χ0) is 9.26. The molecule has 3 heteroatoms. The maximum absolute atomic E-state index is 5.56. The van der Waals surface area contributed by atoms with Crippen LogP contribution in [0.2, 0.25) is 0 Å². The fraction of sp³-hybridized carbons (Fsp3) is 0.800. The Kier molecular flexibility index (Phi) is 2.56. The third-order valence-electron chi connectivity index (χ3n) is 3.16. The summed E-state index contributed by atoms with van der Waals surface area (Å²) in [6, 6.07) is 0.775. The average molecular weight is 181 g/mol. The highest BCUT2D eigenvalue weighted by Crippen LogP contribution is 2.24. The Balaban J connectivity index is 1.97. The molecular weight excluding hydrogens is 162 g/mol. The van der Waals surface area contributed by atoms with Gasteiger partial charge in [-0.05, 0) is 19.4 Å². The standard InChI is InChI=1S/C10H19N3/c1-9-7-13-5-2-3-10(13)8-12(9)6-4-11/h10H,1-8,11H2. The van der Waals surface area contributed by atoms with Crippen LogP contribution in [0, 0.1) is 0 Å². The van der Waals surface area contributed by atoms with E-state index in [1.165, 1.54) is 25.1 Å². The highest BCUT2D eigenvalue weighted by atomic mass is 15.3. The predicted octanol–water partition coefficient (Wildman–Crippen LogP) is 0.239. The first-order chi connectivity index (χ1) is 6.31. The molecule has 0 aromatic heterocycles. The van der Waals surface area contributed by atoms with E-state index in [4.69, 9.17) is 5.73 Å². The molecule has 2 rings (SSSR count). The van der Waals surface area contributed by atoms with Gasteiger partial charge in [-0.3, -0.25) is 4.90 Å². The summed E-state index contributed by atoms with van der Waals surface area (Å²) in [6.07, 6.45) is 2.71. The van der Waals surface area contributed by atoms with Crippen molar-refractivity contribution in [3.8, 4) is 0 Å². The first-order valence-corrected chi connectivity index (χ1v) is 5.18. The molecule has 0 saturated carbocycles. The van der Waals surface area contributed by atoms with Gasteiger partial charge in [-0.15, -0.1) is 0 Å². The van der Waals surface area contributed by atoms with Gasteiger partial charge < -0.3 is 10.6 Å². The minimum Gasteiger partial charge on any atom is -0.371 e. The maximum Gasteiger partial charge on any atom is 0.0381 e. The van der Waals surface area contributed by atoms with E-state index in [-0.39, 0.29) is 0 Å². The molecule has 0 aliphatic carbocycles. The molecular formula is C10H19N3. The molecule has 0 aromatic rings. The summed E-state index contributed by atoms with van der Waals surface area (Å²) in [7, 11) is 0. The SMILES string of the molecule is C=C1CN2CCCC2CN1CCN. The first-order valence-electron chi connectivity index (χ1n) is 5.18. The van der Waals surface area contributed by atoms with Gasteiger partial charge in [0.05, 0.1) is 0 Å². The van der Waals surface area contributed by atoms with E-state index in [0.717, 1.165) is 32.2 Å². The summed E-state index contributed by atoms with van der Waals surface area (Å²) in [5, 5.41) is 0.